The molecule has 64 valence electrons. The summed E-state index contributed by atoms with van der Waals surface area (Å²) in [7, 11) is 0. The van der Waals surface area contributed by atoms with Crippen molar-refractivity contribution < 1.29 is 0 Å². The van der Waals surface area contributed by atoms with Gasteiger partial charge in [0.15, 0.2) is 0 Å². The molecule has 2 rings (SSSR count). The largest absolute Gasteiger partial charge is 0.250 e. The van der Waals surface area contributed by atoms with E-state index in [-0.39, 0.29) is 0 Å². The van der Waals surface area contributed by atoms with E-state index in [1.54, 1.807) is 18.0 Å². The van der Waals surface area contributed by atoms with Crippen molar-refractivity contribution in [3.05, 3.63) is 54.7 Å². The second-order valence-electron chi connectivity index (χ2n) is 2.51. The highest BCUT2D eigenvalue weighted by atomic mass is 32.2. The Morgan fingerprint density at radius 2 is 1.92 bits per heavy atom. The molecular formula is C11H8NS-. The van der Waals surface area contributed by atoms with Crippen LogP contribution in [-0.2, 0) is 0 Å². The fourth-order valence-electron chi connectivity index (χ4n) is 0.968. The Morgan fingerprint density at radius 3 is 2.62 bits per heavy atom. The number of aromatic nitrogens is 1. The van der Waals surface area contributed by atoms with Gasteiger partial charge in [-0.2, -0.15) is 30.3 Å². The molecule has 0 atom stereocenters. The van der Waals surface area contributed by atoms with Gasteiger partial charge >= 0.3 is 0 Å². The lowest BCUT2D eigenvalue weighted by Crippen LogP contribution is -1.76. The van der Waals surface area contributed by atoms with Crippen LogP contribution in [0, 0.1) is 6.07 Å². The van der Waals surface area contributed by atoms with Crippen molar-refractivity contribution in [2.24, 2.45) is 0 Å². The van der Waals surface area contributed by atoms with Gasteiger partial charge in [0, 0.05) is 6.20 Å². The van der Waals surface area contributed by atoms with Gasteiger partial charge in [0.1, 0.15) is 0 Å². The molecule has 0 radical (unpaired) electrons. The minimum Gasteiger partial charge on any atom is -0.250 e. The van der Waals surface area contributed by atoms with Gasteiger partial charge in [-0.1, -0.05) is 22.7 Å². The maximum absolute atomic E-state index is 4.23. The lowest BCUT2D eigenvalue weighted by Gasteiger charge is -2.04. The van der Waals surface area contributed by atoms with Gasteiger partial charge in [-0.3, -0.25) is 0 Å². The molecule has 0 saturated carbocycles. The first-order valence-corrected chi connectivity index (χ1v) is 4.82. The molecule has 2 heteroatoms. The molecule has 0 fully saturated rings. The fourth-order valence-corrected chi connectivity index (χ4v) is 1.74. The summed E-state index contributed by atoms with van der Waals surface area (Å²) in [4.78, 5) is 5.42. The van der Waals surface area contributed by atoms with Crippen molar-refractivity contribution in [2.45, 2.75) is 9.92 Å². The molecule has 1 aromatic heterocycles. The van der Waals surface area contributed by atoms with E-state index in [1.807, 2.05) is 42.5 Å². The van der Waals surface area contributed by atoms with E-state index in [2.05, 4.69) is 11.1 Å². The highest BCUT2D eigenvalue weighted by Gasteiger charge is 1.90. The maximum Gasteiger partial charge on any atom is 0.0987 e. The van der Waals surface area contributed by atoms with E-state index in [9.17, 15) is 0 Å². The number of pyridine rings is 1. The van der Waals surface area contributed by atoms with Gasteiger partial charge in [-0.25, -0.2) is 4.98 Å². The molecule has 0 aliphatic rings. The minimum atomic E-state index is 1.02. The molecule has 1 aromatic carbocycles. The van der Waals surface area contributed by atoms with E-state index < -0.39 is 0 Å². The second-order valence-corrected chi connectivity index (χ2v) is 3.60. The summed E-state index contributed by atoms with van der Waals surface area (Å²) >= 11 is 1.66. The zero-order valence-corrected chi connectivity index (χ0v) is 7.79. The van der Waals surface area contributed by atoms with Crippen molar-refractivity contribution in [1.82, 2.24) is 4.98 Å². The van der Waals surface area contributed by atoms with Crippen LogP contribution in [0.5, 0.6) is 0 Å². The van der Waals surface area contributed by atoms with E-state index in [1.165, 1.54) is 4.90 Å². The first kappa shape index (κ1) is 8.32. The Morgan fingerprint density at radius 1 is 1.08 bits per heavy atom. The molecule has 0 bridgehead atoms. The molecule has 0 amide bonds. The van der Waals surface area contributed by atoms with Crippen LogP contribution in [0.25, 0.3) is 0 Å². The van der Waals surface area contributed by atoms with E-state index >= 15 is 0 Å². The molecule has 1 heterocycles. The first-order valence-electron chi connectivity index (χ1n) is 4.00. The summed E-state index contributed by atoms with van der Waals surface area (Å²) in [5, 5.41) is 1.02. The highest BCUT2D eigenvalue weighted by Crippen LogP contribution is 2.24. The normalized spacial score (nSPS) is 9.85. The molecule has 0 aliphatic heterocycles. The standard InChI is InChI=1S/C11H8NS/c1-2-6-10(7-3-1)13-11-8-4-5-9-12-11/h2-9H/q-1. The molecule has 13 heavy (non-hydrogen) atoms. The quantitative estimate of drug-likeness (QED) is 0.669. The van der Waals surface area contributed by atoms with Gasteiger partial charge in [0.25, 0.3) is 0 Å². The van der Waals surface area contributed by atoms with Crippen LogP contribution in [-0.4, -0.2) is 4.98 Å². The van der Waals surface area contributed by atoms with Gasteiger partial charge in [0.2, 0.25) is 0 Å². The predicted molar refractivity (Wildman–Crippen MR) is 53.6 cm³/mol. The van der Waals surface area contributed by atoms with Crippen LogP contribution in [0.4, 0.5) is 0 Å². The Balaban J connectivity index is 2.16. The van der Waals surface area contributed by atoms with E-state index in [0.717, 1.165) is 5.03 Å². The van der Waals surface area contributed by atoms with Crippen LogP contribution in [0.15, 0.2) is 58.6 Å². The smallest absolute Gasteiger partial charge is 0.0987 e. The molecule has 0 N–H and O–H groups in total. The summed E-state index contributed by atoms with van der Waals surface area (Å²) in [5.41, 5.74) is 0. The molecule has 2 aromatic rings. The molecule has 0 spiro atoms. The molecule has 0 saturated heterocycles. The van der Waals surface area contributed by atoms with Crippen molar-refractivity contribution in [2.75, 3.05) is 0 Å². The van der Waals surface area contributed by atoms with E-state index in [0.29, 0.717) is 0 Å². The van der Waals surface area contributed by atoms with Gasteiger partial charge < -0.3 is 0 Å². The average molecular weight is 186 g/mol. The maximum atomic E-state index is 4.23. The Kier molecular flexibility index (Phi) is 2.62. The number of benzene rings is 1. The molecule has 0 aliphatic carbocycles. The van der Waals surface area contributed by atoms with Gasteiger partial charge in [-0.15, -0.1) is 0 Å². The van der Waals surface area contributed by atoms with Gasteiger partial charge in [-0.05, 0) is 12.1 Å². The monoisotopic (exact) mass is 186 g/mol. The third kappa shape index (κ3) is 2.33. The van der Waals surface area contributed by atoms with Crippen LogP contribution < -0.4 is 0 Å². The Labute approximate surface area is 81.8 Å². The van der Waals surface area contributed by atoms with Crippen molar-refractivity contribution in [3.8, 4) is 0 Å². The topological polar surface area (TPSA) is 12.9 Å². The average Bonchev–Trinajstić information content (AvgIpc) is 2.21. The number of rotatable bonds is 2. The molecule has 0 unspecified atom stereocenters. The van der Waals surface area contributed by atoms with Crippen LogP contribution in [0.3, 0.4) is 0 Å². The first-order chi connectivity index (χ1) is 6.45. The predicted octanol–water partition coefficient (Wildman–Crippen LogP) is 3.03. The fraction of sp³-hybridized carbons (Fsp3) is 0. The Hall–Kier alpha value is -1.28. The lowest BCUT2D eigenvalue weighted by molar-refractivity contribution is 1.13. The minimum absolute atomic E-state index is 1.02. The van der Waals surface area contributed by atoms with Crippen molar-refractivity contribution in [1.29, 1.82) is 0 Å². The van der Waals surface area contributed by atoms with Crippen LogP contribution in [0.1, 0.15) is 0 Å². The molecular weight excluding hydrogens is 178 g/mol. The highest BCUT2D eigenvalue weighted by molar-refractivity contribution is 7.99. The molecule has 1 nitrogen and oxygen atoms in total. The second kappa shape index (κ2) is 4.10. The van der Waals surface area contributed by atoms with Gasteiger partial charge in [0.05, 0.1) is 5.03 Å². The van der Waals surface area contributed by atoms with Crippen molar-refractivity contribution in [3.63, 3.8) is 0 Å². The number of hydrogen-bond acceptors (Lipinski definition) is 2. The van der Waals surface area contributed by atoms with E-state index in [4.69, 9.17) is 0 Å². The summed E-state index contributed by atoms with van der Waals surface area (Å²) < 4.78 is 0. The summed E-state index contributed by atoms with van der Waals surface area (Å²) in [6.45, 7) is 0. The zero-order valence-electron chi connectivity index (χ0n) is 6.97. The number of nitrogens with zero attached hydrogens (tertiary/aromatic N) is 1. The zero-order chi connectivity index (χ0) is 8.93. The van der Waals surface area contributed by atoms with Crippen LogP contribution >= 0.6 is 11.8 Å². The Bertz CT molecular complexity index is 321. The number of hydrogen-bond donors (Lipinski definition) is 0. The van der Waals surface area contributed by atoms with Crippen LogP contribution in [0.2, 0.25) is 0 Å². The third-order valence-corrected chi connectivity index (χ3v) is 2.51. The summed E-state index contributed by atoms with van der Waals surface area (Å²) in [6, 6.07) is 16.8. The summed E-state index contributed by atoms with van der Waals surface area (Å²) in [6.07, 6.45) is 1.80. The summed E-state index contributed by atoms with van der Waals surface area (Å²) in [5.74, 6) is 0. The van der Waals surface area contributed by atoms with Crippen molar-refractivity contribution >= 4 is 11.8 Å². The SMILES string of the molecule is [c-]1ccc(Sc2ccccn2)cc1. The third-order valence-electron chi connectivity index (χ3n) is 1.55. The lowest BCUT2D eigenvalue weighted by atomic mass is 10.4.